The number of rotatable bonds is 7. The number of primary amides is 1. The number of carbonyl (C=O) groups is 2. The van der Waals surface area contributed by atoms with Gasteiger partial charge in [-0.2, -0.15) is 0 Å². The Bertz CT molecular complexity index is 1020. The van der Waals surface area contributed by atoms with Crippen molar-refractivity contribution in [1.29, 1.82) is 0 Å². The zero-order chi connectivity index (χ0) is 21.0. The summed E-state index contributed by atoms with van der Waals surface area (Å²) in [6.07, 6.45) is -4.61. The molecule has 6 nitrogen and oxygen atoms in total. The molecular formula is C19H16F3N3O3S. The van der Waals surface area contributed by atoms with Gasteiger partial charge in [-0.15, -0.1) is 13.2 Å². The second-order valence-corrected chi connectivity index (χ2v) is 7.27. The summed E-state index contributed by atoms with van der Waals surface area (Å²) in [5.41, 5.74) is 6.71. The van der Waals surface area contributed by atoms with Crippen molar-refractivity contribution in [3.8, 4) is 5.75 Å². The minimum atomic E-state index is -4.79. The van der Waals surface area contributed by atoms with Gasteiger partial charge in [0.15, 0.2) is 5.13 Å². The van der Waals surface area contributed by atoms with E-state index in [4.69, 9.17) is 5.73 Å². The Morgan fingerprint density at radius 1 is 1.17 bits per heavy atom. The maximum absolute atomic E-state index is 12.3. The van der Waals surface area contributed by atoms with Crippen LogP contribution in [0.15, 0.2) is 48.5 Å². The number of hydrogen-bond donors (Lipinski definition) is 2. The van der Waals surface area contributed by atoms with Gasteiger partial charge in [-0.1, -0.05) is 41.7 Å². The van der Waals surface area contributed by atoms with Crippen molar-refractivity contribution in [2.75, 3.05) is 5.32 Å². The molecule has 0 fully saturated rings. The smallest absolute Gasteiger partial charge is 0.406 e. The van der Waals surface area contributed by atoms with Gasteiger partial charge in [0.2, 0.25) is 11.8 Å². The van der Waals surface area contributed by atoms with Crippen LogP contribution in [-0.2, 0) is 16.0 Å². The third-order valence-corrected chi connectivity index (χ3v) is 4.93. The van der Waals surface area contributed by atoms with Gasteiger partial charge >= 0.3 is 6.36 Å². The van der Waals surface area contributed by atoms with Crippen LogP contribution in [0.3, 0.4) is 0 Å². The number of hydrogen-bond acceptors (Lipinski definition) is 5. The lowest BCUT2D eigenvalue weighted by Crippen LogP contribution is -2.29. The van der Waals surface area contributed by atoms with E-state index < -0.39 is 24.1 Å². The summed E-state index contributed by atoms with van der Waals surface area (Å²) in [5, 5.41) is 2.77. The summed E-state index contributed by atoms with van der Waals surface area (Å²) < 4.78 is 41.3. The molecule has 29 heavy (non-hydrogen) atoms. The Kier molecular flexibility index (Phi) is 6.02. The third-order valence-electron chi connectivity index (χ3n) is 4.00. The first-order chi connectivity index (χ1) is 13.7. The minimum Gasteiger partial charge on any atom is -0.406 e. The van der Waals surface area contributed by atoms with E-state index in [9.17, 15) is 22.8 Å². The van der Waals surface area contributed by atoms with Crippen LogP contribution in [0.4, 0.5) is 18.3 Å². The first kappa shape index (κ1) is 20.6. The van der Waals surface area contributed by atoms with Crippen LogP contribution in [-0.4, -0.2) is 23.2 Å². The van der Waals surface area contributed by atoms with Crippen LogP contribution < -0.4 is 15.8 Å². The average molecular weight is 423 g/mol. The van der Waals surface area contributed by atoms with Gasteiger partial charge in [0.1, 0.15) is 5.75 Å². The van der Waals surface area contributed by atoms with Crippen molar-refractivity contribution in [2.45, 2.75) is 19.2 Å². The van der Waals surface area contributed by atoms with Crippen LogP contribution in [0.5, 0.6) is 5.75 Å². The van der Waals surface area contributed by atoms with E-state index in [0.717, 1.165) is 23.0 Å². The number of ether oxygens (including phenoxy) is 1. The molecule has 2 amide bonds. The number of nitrogens with one attached hydrogen (secondary N) is 1. The van der Waals surface area contributed by atoms with E-state index in [1.54, 1.807) is 0 Å². The van der Waals surface area contributed by atoms with Gasteiger partial charge in [-0.3, -0.25) is 9.59 Å². The zero-order valence-electron chi connectivity index (χ0n) is 14.9. The molecule has 0 bridgehead atoms. The predicted octanol–water partition coefficient (Wildman–Crippen LogP) is 3.87. The highest BCUT2D eigenvalue weighted by atomic mass is 32.1. The highest BCUT2D eigenvalue weighted by Crippen LogP contribution is 2.31. The van der Waals surface area contributed by atoms with Gasteiger partial charge in [0.05, 0.1) is 16.1 Å². The lowest BCUT2D eigenvalue weighted by atomic mass is 9.95. The van der Waals surface area contributed by atoms with Crippen LogP contribution in [0.1, 0.15) is 12.0 Å². The van der Waals surface area contributed by atoms with Crippen LogP contribution in [0.25, 0.3) is 10.2 Å². The molecule has 0 spiro atoms. The van der Waals surface area contributed by atoms with E-state index in [-0.39, 0.29) is 17.3 Å². The number of nitrogens with two attached hydrogens (primary N) is 1. The fourth-order valence-corrected chi connectivity index (χ4v) is 3.63. The van der Waals surface area contributed by atoms with Crippen molar-refractivity contribution in [3.63, 3.8) is 0 Å². The lowest BCUT2D eigenvalue weighted by Gasteiger charge is -2.12. The molecule has 0 radical (unpaired) electrons. The highest BCUT2D eigenvalue weighted by Gasteiger charge is 2.31. The van der Waals surface area contributed by atoms with Crippen LogP contribution in [0.2, 0.25) is 0 Å². The summed E-state index contributed by atoms with van der Waals surface area (Å²) >= 11 is 0.999. The maximum Gasteiger partial charge on any atom is 0.573 e. The molecule has 3 N–H and O–H groups in total. The summed E-state index contributed by atoms with van der Waals surface area (Å²) in [6.45, 7) is 0. The van der Waals surface area contributed by atoms with Crippen molar-refractivity contribution >= 4 is 38.5 Å². The quantitative estimate of drug-likeness (QED) is 0.603. The summed E-state index contributed by atoms with van der Waals surface area (Å²) in [6, 6.07) is 12.9. The summed E-state index contributed by atoms with van der Waals surface area (Å²) in [7, 11) is 0. The summed E-state index contributed by atoms with van der Waals surface area (Å²) in [5.74, 6) is -2.13. The molecule has 2 aromatic carbocycles. The van der Waals surface area contributed by atoms with Gasteiger partial charge in [-0.05, 0) is 24.1 Å². The Labute approximate surface area is 167 Å². The molecule has 0 saturated heterocycles. The predicted molar refractivity (Wildman–Crippen MR) is 102 cm³/mol. The normalized spacial score (nSPS) is 12.5. The average Bonchev–Trinajstić information content (AvgIpc) is 3.01. The number of aromatic nitrogens is 1. The number of fused-ring (bicyclic) bond motifs is 1. The van der Waals surface area contributed by atoms with E-state index >= 15 is 0 Å². The molecular weight excluding hydrogens is 407 g/mol. The van der Waals surface area contributed by atoms with E-state index in [2.05, 4.69) is 15.0 Å². The van der Waals surface area contributed by atoms with E-state index in [1.807, 2.05) is 30.3 Å². The SMILES string of the molecule is NC(=O)C(CC(=O)Nc1nc2ccc(OC(F)(F)F)cc2s1)Cc1ccccc1. The van der Waals surface area contributed by atoms with Gasteiger partial charge in [0.25, 0.3) is 0 Å². The standard InChI is InChI=1S/C19H16F3N3O3S/c20-19(21,22)28-13-6-7-14-15(10-13)29-18(24-14)25-16(26)9-12(17(23)27)8-11-4-2-1-3-5-11/h1-7,10,12H,8-9H2,(H2,23,27)(H,24,25,26). The topological polar surface area (TPSA) is 94.3 Å². The number of thiazole rings is 1. The maximum atomic E-state index is 12.3. The molecule has 0 aliphatic rings. The molecule has 0 saturated carbocycles. The molecule has 0 aliphatic carbocycles. The van der Waals surface area contributed by atoms with Crippen molar-refractivity contribution in [2.24, 2.45) is 11.7 Å². The van der Waals surface area contributed by atoms with Crippen molar-refractivity contribution in [1.82, 2.24) is 4.98 Å². The minimum absolute atomic E-state index is 0.136. The number of halogens is 3. The zero-order valence-corrected chi connectivity index (χ0v) is 15.7. The number of alkyl halides is 3. The molecule has 3 aromatic rings. The number of nitrogens with zero attached hydrogens (tertiary/aromatic N) is 1. The lowest BCUT2D eigenvalue weighted by molar-refractivity contribution is -0.274. The largest absolute Gasteiger partial charge is 0.573 e. The van der Waals surface area contributed by atoms with Crippen LogP contribution in [0, 0.1) is 5.92 Å². The molecule has 1 atom stereocenters. The Morgan fingerprint density at radius 2 is 1.90 bits per heavy atom. The van der Waals surface area contributed by atoms with Crippen LogP contribution >= 0.6 is 11.3 Å². The molecule has 1 unspecified atom stereocenters. The molecule has 1 aromatic heterocycles. The fraction of sp³-hybridized carbons (Fsp3) is 0.211. The second-order valence-electron chi connectivity index (χ2n) is 6.24. The monoisotopic (exact) mass is 423 g/mol. The van der Waals surface area contributed by atoms with E-state index in [1.165, 1.54) is 12.1 Å². The van der Waals surface area contributed by atoms with Gasteiger partial charge in [0, 0.05) is 12.5 Å². The molecule has 152 valence electrons. The second kappa shape index (κ2) is 8.48. The molecule has 1 heterocycles. The number of benzene rings is 2. The fourth-order valence-electron chi connectivity index (χ4n) is 2.72. The Balaban J connectivity index is 1.67. The van der Waals surface area contributed by atoms with E-state index in [0.29, 0.717) is 16.6 Å². The number of amides is 2. The summed E-state index contributed by atoms with van der Waals surface area (Å²) in [4.78, 5) is 28.2. The Morgan fingerprint density at radius 3 is 2.55 bits per heavy atom. The third kappa shape index (κ3) is 5.92. The molecule has 0 aliphatic heterocycles. The van der Waals surface area contributed by atoms with Gasteiger partial charge in [-0.25, -0.2) is 4.98 Å². The number of anilines is 1. The van der Waals surface area contributed by atoms with Gasteiger partial charge < -0.3 is 15.8 Å². The first-order valence-electron chi connectivity index (χ1n) is 8.49. The molecule has 10 heteroatoms. The Hall–Kier alpha value is -3.14. The van der Waals surface area contributed by atoms with Crippen molar-refractivity contribution < 1.29 is 27.5 Å². The van der Waals surface area contributed by atoms with Crippen molar-refractivity contribution in [3.05, 3.63) is 54.1 Å². The number of carbonyl (C=O) groups excluding carboxylic acids is 2. The molecule has 3 rings (SSSR count). The highest BCUT2D eigenvalue weighted by molar-refractivity contribution is 7.22. The first-order valence-corrected chi connectivity index (χ1v) is 9.31.